The molecule has 0 bridgehead atoms. The standard InChI is InChI=1S/C21H23F3N2O5/c1-30-18(28)11-16(13-4-6-14(27)7-5-13)19-17(25-26-20(19)29)10-12-2-8-15(9-3-12)31-21(22,23)24/h2-9,16-17,19-20,25-27,29H,10-11H2,1H3. The minimum atomic E-state index is -4.77. The number of halogens is 3. The third-order valence-electron chi connectivity index (χ3n) is 5.26. The molecule has 4 unspecified atom stereocenters. The number of rotatable bonds is 7. The van der Waals surface area contributed by atoms with Gasteiger partial charge in [-0.2, -0.15) is 0 Å². The van der Waals surface area contributed by atoms with E-state index in [1.807, 2.05) is 0 Å². The van der Waals surface area contributed by atoms with Crippen molar-refractivity contribution in [2.75, 3.05) is 7.11 Å². The summed E-state index contributed by atoms with van der Waals surface area (Å²) in [6.45, 7) is 0. The molecule has 2 aromatic carbocycles. The molecule has 0 amide bonds. The minimum Gasteiger partial charge on any atom is -0.508 e. The number of nitrogens with one attached hydrogen (secondary N) is 2. The normalized spacial score (nSPS) is 22.2. The SMILES string of the molecule is COC(=O)CC(c1ccc(O)cc1)C1C(O)NNC1Cc1ccc(OC(F)(F)F)cc1. The van der Waals surface area contributed by atoms with E-state index < -0.39 is 30.4 Å². The number of ether oxygens (including phenoxy) is 2. The van der Waals surface area contributed by atoms with Crippen molar-refractivity contribution in [3.8, 4) is 11.5 Å². The molecule has 31 heavy (non-hydrogen) atoms. The van der Waals surface area contributed by atoms with Crippen molar-refractivity contribution in [1.29, 1.82) is 0 Å². The largest absolute Gasteiger partial charge is 0.573 e. The smallest absolute Gasteiger partial charge is 0.508 e. The van der Waals surface area contributed by atoms with Gasteiger partial charge in [-0.1, -0.05) is 24.3 Å². The van der Waals surface area contributed by atoms with Crippen LogP contribution in [0, 0.1) is 5.92 Å². The van der Waals surface area contributed by atoms with Gasteiger partial charge in [0.25, 0.3) is 0 Å². The Morgan fingerprint density at radius 1 is 1.10 bits per heavy atom. The van der Waals surface area contributed by atoms with Crippen LogP contribution in [-0.4, -0.2) is 41.9 Å². The molecule has 7 nitrogen and oxygen atoms in total. The Labute approximate surface area is 176 Å². The monoisotopic (exact) mass is 440 g/mol. The molecule has 0 radical (unpaired) electrons. The number of esters is 1. The van der Waals surface area contributed by atoms with Gasteiger partial charge < -0.3 is 19.7 Å². The second-order valence-electron chi connectivity index (χ2n) is 7.29. The van der Waals surface area contributed by atoms with E-state index in [1.165, 1.54) is 43.5 Å². The molecule has 0 saturated carbocycles. The Balaban J connectivity index is 1.81. The minimum absolute atomic E-state index is 0.00121. The van der Waals surface area contributed by atoms with Gasteiger partial charge in [0, 0.05) is 17.9 Å². The summed E-state index contributed by atoms with van der Waals surface area (Å²) >= 11 is 0. The lowest BCUT2D eigenvalue weighted by molar-refractivity contribution is -0.274. The number of carbonyl (C=O) groups excluding carboxylic acids is 1. The highest BCUT2D eigenvalue weighted by Crippen LogP contribution is 2.36. The van der Waals surface area contributed by atoms with Gasteiger partial charge >= 0.3 is 12.3 Å². The van der Waals surface area contributed by atoms with Gasteiger partial charge in [0.1, 0.15) is 17.7 Å². The van der Waals surface area contributed by atoms with Crippen LogP contribution in [0.5, 0.6) is 11.5 Å². The van der Waals surface area contributed by atoms with E-state index in [-0.39, 0.29) is 24.0 Å². The van der Waals surface area contributed by atoms with Crippen molar-refractivity contribution >= 4 is 5.97 Å². The lowest BCUT2D eigenvalue weighted by atomic mass is 9.77. The molecule has 0 aliphatic carbocycles. The first kappa shape index (κ1) is 22.9. The zero-order chi connectivity index (χ0) is 22.6. The predicted octanol–water partition coefficient (Wildman–Crippen LogP) is 2.59. The molecule has 1 aliphatic heterocycles. The zero-order valence-corrected chi connectivity index (χ0v) is 16.6. The van der Waals surface area contributed by atoms with Crippen LogP contribution in [0.15, 0.2) is 48.5 Å². The van der Waals surface area contributed by atoms with Gasteiger partial charge in [0.05, 0.1) is 13.5 Å². The number of aliphatic hydroxyl groups is 1. The Bertz CT molecular complexity index is 874. The second kappa shape index (κ2) is 9.54. The summed E-state index contributed by atoms with van der Waals surface area (Å²) in [5, 5.41) is 20.1. The molecule has 168 valence electrons. The first-order valence-corrected chi connectivity index (χ1v) is 9.56. The Kier molecular flexibility index (Phi) is 7.04. The maximum atomic E-state index is 12.4. The molecule has 2 aromatic rings. The molecule has 1 fully saturated rings. The molecule has 10 heteroatoms. The number of hydrogen-bond acceptors (Lipinski definition) is 7. The summed E-state index contributed by atoms with van der Waals surface area (Å²) in [4.78, 5) is 12.0. The number of aromatic hydroxyl groups is 1. The average Bonchev–Trinajstić information content (AvgIpc) is 3.07. The van der Waals surface area contributed by atoms with Gasteiger partial charge in [-0.3, -0.25) is 10.2 Å². The van der Waals surface area contributed by atoms with Crippen molar-refractivity contribution in [3.05, 3.63) is 59.7 Å². The maximum Gasteiger partial charge on any atom is 0.573 e. The van der Waals surface area contributed by atoms with Crippen LogP contribution in [0.2, 0.25) is 0 Å². The number of aliphatic hydroxyl groups excluding tert-OH is 1. The van der Waals surface area contributed by atoms with Gasteiger partial charge in [-0.05, 0) is 41.8 Å². The fourth-order valence-electron chi connectivity index (χ4n) is 3.83. The molecule has 1 aliphatic rings. The number of alkyl halides is 3. The van der Waals surface area contributed by atoms with E-state index in [0.29, 0.717) is 6.42 Å². The van der Waals surface area contributed by atoms with Crippen molar-refractivity contribution in [2.45, 2.75) is 37.4 Å². The summed E-state index contributed by atoms with van der Waals surface area (Å²) in [5.74, 6) is -1.61. The Morgan fingerprint density at radius 2 is 1.74 bits per heavy atom. The summed E-state index contributed by atoms with van der Waals surface area (Å²) < 4.78 is 45.7. The Morgan fingerprint density at radius 3 is 2.32 bits per heavy atom. The average molecular weight is 440 g/mol. The van der Waals surface area contributed by atoms with Crippen LogP contribution >= 0.6 is 0 Å². The zero-order valence-electron chi connectivity index (χ0n) is 16.6. The molecular weight excluding hydrogens is 417 g/mol. The number of phenolic OH excluding ortho intramolecular Hbond substituents is 1. The maximum absolute atomic E-state index is 12.4. The van der Waals surface area contributed by atoms with E-state index in [4.69, 9.17) is 4.74 Å². The summed E-state index contributed by atoms with van der Waals surface area (Å²) in [6.07, 6.45) is -5.38. The number of benzene rings is 2. The number of hydrogen-bond donors (Lipinski definition) is 4. The predicted molar refractivity (Wildman–Crippen MR) is 104 cm³/mol. The van der Waals surface area contributed by atoms with E-state index >= 15 is 0 Å². The van der Waals surface area contributed by atoms with E-state index in [0.717, 1.165) is 11.1 Å². The van der Waals surface area contributed by atoms with E-state index in [9.17, 15) is 28.2 Å². The highest BCUT2D eigenvalue weighted by Gasteiger charge is 2.41. The van der Waals surface area contributed by atoms with Gasteiger partial charge in [0.2, 0.25) is 0 Å². The third-order valence-corrected chi connectivity index (χ3v) is 5.26. The second-order valence-corrected chi connectivity index (χ2v) is 7.29. The molecule has 1 saturated heterocycles. The third kappa shape index (κ3) is 6.09. The number of phenols is 1. The molecule has 1 heterocycles. The van der Waals surface area contributed by atoms with Crippen molar-refractivity contribution in [3.63, 3.8) is 0 Å². The fraction of sp³-hybridized carbons (Fsp3) is 0.381. The van der Waals surface area contributed by atoms with Crippen LogP contribution < -0.4 is 15.6 Å². The lowest BCUT2D eigenvalue weighted by Crippen LogP contribution is -2.36. The van der Waals surface area contributed by atoms with E-state index in [2.05, 4.69) is 15.6 Å². The molecule has 4 atom stereocenters. The first-order valence-electron chi connectivity index (χ1n) is 9.56. The van der Waals surface area contributed by atoms with E-state index in [1.54, 1.807) is 12.1 Å². The molecule has 3 rings (SSSR count). The van der Waals surface area contributed by atoms with Gasteiger partial charge in [-0.25, -0.2) is 5.43 Å². The number of methoxy groups -OCH3 is 1. The molecular formula is C21H23F3N2O5. The van der Waals surface area contributed by atoms with Crippen LogP contribution in [0.3, 0.4) is 0 Å². The van der Waals surface area contributed by atoms with Crippen LogP contribution in [0.25, 0.3) is 0 Å². The van der Waals surface area contributed by atoms with Gasteiger partial charge in [-0.15, -0.1) is 13.2 Å². The fourth-order valence-corrected chi connectivity index (χ4v) is 3.83. The number of carbonyl (C=O) groups is 1. The highest BCUT2D eigenvalue weighted by molar-refractivity contribution is 5.70. The molecule has 0 aromatic heterocycles. The van der Waals surface area contributed by atoms with Crippen molar-refractivity contribution in [2.24, 2.45) is 5.92 Å². The van der Waals surface area contributed by atoms with Crippen LogP contribution in [-0.2, 0) is 16.0 Å². The van der Waals surface area contributed by atoms with Crippen molar-refractivity contribution in [1.82, 2.24) is 10.9 Å². The highest BCUT2D eigenvalue weighted by atomic mass is 19.4. The number of hydrazine groups is 1. The van der Waals surface area contributed by atoms with Crippen molar-refractivity contribution < 1.29 is 37.7 Å². The van der Waals surface area contributed by atoms with Crippen LogP contribution in [0.4, 0.5) is 13.2 Å². The van der Waals surface area contributed by atoms with Crippen LogP contribution in [0.1, 0.15) is 23.5 Å². The molecule has 0 spiro atoms. The summed E-state index contributed by atoms with van der Waals surface area (Å²) in [5.41, 5.74) is 7.21. The molecule has 4 N–H and O–H groups in total. The summed E-state index contributed by atoms with van der Waals surface area (Å²) in [6, 6.07) is 11.5. The Hall–Kier alpha value is -2.82. The first-order chi connectivity index (χ1) is 14.7. The quantitative estimate of drug-likeness (QED) is 0.491. The van der Waals surface area contributed by atoms with Gasteiger partial charge in [0.15, 0.2) is 0 Å². The summed E-state index contributed by atoms with van der Waals surface area (Å²) in [7, 11) is 1.28. The topological polar surface area (TPSA) is 100 Å². The lowest BCUT2D eigenvalue weighted by Gasteiger charge is -2.29.